The second-order valence-corrected chi connectivity index (χ2v) is 16.8. The Morgan fingerprint density at radius 3 is 2.22 bits per heavy atom. The van der Waals surface area contributed by atoms with E-state index in [9.17, 15) is 29.7 Å². The standard InChI is InChI=1S/C40H66N2O12/c1-8-25(36(45)46)27-12-11-13-30(50-27)32(41)34(44)23(6)33(43)26(9-2)35-21(4)20-22(5)39(53-35)19-16-31(51-37(42)47)40(54-39)18-15-29(52-40)28-14-17-38(48,10-3)24(7)49-28/h16,19,21-32,34-35,44,48H,8-15,17-18,20,41H2,1-7H3,(H2,42,47)(H,45,46). The van der Waals surface area contributed by atoms with Crippen molar-refractivity contribution in [2.75, 3.05) is 0 Å². The first-order valence-corrected chi connectivity index (χ1v) is 20.4. The largest absolute Gasteiger partial charge is 0.481 e. The van der Waals surface area contributed by atoms with Crippen LogP contribution in [0.1, 0.15) is 119 Å². The van der Waals surface area contributed by atoms with Crippen molar-refractivity contribution in [2.45, 2.75) is 191 Å². The summed E-state index contributed by atoms with van der Waals surface area (Å²) in [7, 11) is 0. The average molecular weight is 767 g/mol. The summed E-state index contributed by atoms with van der Waals surface area (Å²) < 4.78 is 38.6. The maximum absolute atomic E-state index is 14.3. The van der Waals surface area contributed by atoms with Crippen LogP contribution < -0.4 is 11.5 Å². The lowest BCUT2D eigenvalue weighted by Crippen LogP contribution is -2.63. The number of hydrogen-bond donors (Lipinski definition) is 5. The first kappa shape index (κ1) is 43.0. The van der Waals surface area contributed by atoms with E-state index in [1.54, 1.807) is 19.1 Å². The van der Waals surface area contributed by atoms with Crippen LogP contribution in [0, 0.1) is 29.6 Å². The van der Waals surface area contributed by atoms with Gasteiger partial charge in [-0.3, -0.25) is 9.59 Å². The molecule has 1 amide bonds. The molecule has 4 saturated heterocycles. The van der Waals surface area contributed by atoms with E-state index in [1.807, 2.05) is 41.5 Å². The number of aliphatic hydroxyl groups excluding tert-OH is 1. The first-order chi connectivity index (χ1) is 25.4. The SMILES string of the molecule is CCC(C(=O)O)C1CCCC(C(N)C(O)C(C)C(=O)C(CC)C2OC3(C=CC(OC(N)=O)C4(CCC(C5CCC(O)(CC)C(C)O5)O4)O3)C(C)CC2C)O1. The molecule has 0 aromatic rings. The molecule has 5 heterocycles. The fourth-order valence-corrected chi connectivity index (χ4v) is 9.86. The molecule has 0 saturated carbocycles. The van der Waals surface area contributed by atoms with E-state index in [-0.39, 0.29) is 23.7 Å². The lowest BCUT2D eigenvalue weighted by atomic mass is 9.73. The van der Waals surface area contributed by atoms with Crippen LogP contribution in [-0.2, 0) is 38.0 Å². The van der Waals surface area contributed by atoms with Crippen LogP contribution >= 0.6 is 0 Å². The van der Waals surface area contributed by atoms with Crippen molar-refractivity contribution in [3.8, 4) is 0 Å². The highest BCUT2D eigenvalue weighted by Gasteiger charge is 2.61. The van der Waals surface area contributed by atoms with Gasteiger partial charge in [-0.15, -0.1) is 0 Å². The summed E-state index contributed by atoms with van der Waals surface area (Å²) in [4.78, 5) is 38.3. The first-order valence-electron chi connectivity index (χ1n) is 20.4. The summed E-state index contributed by atoms with van der Waals surface area (Å²) in [6, 6.07) is -0.891. The molecule has 5 aliphatic heterocycles. The van der Waals surface area contributed by atoms with Gasteiger partial charge in [-0.1, -0.05) is 41.5 Å². The van der Waals surface area contributed by atoms with Crippen LogP contribution in [0.15, 0.2) is 12.2 Å². The third-order valence-corrected chi connectivity index (χ3v) is 13.5. The van der Waals surface area contributed by atoms with Crippen molar-refractivity contribution in [3.05, 3.63) is 12.2 Å². The van der Waals surface area contributed by atoms with Crippen LogP contribution in [-0.4, -0.2) is 105 Å². The molecule has 0 aromatic carbocycles. The zero-order valence-corrected chi connectivity index (χ0v) is 33.2. The predicted molar refractivity (Wildman–Crippen MR) is 197 cm³/mol. The van der Waals surface area contributed by atoms with Crippen LogP contribution in [0.3, 0.4) is 0 Å². The number of ether oxygens (including phenoxy) is 6. The molecule has 17 unspecified atom stereocenters. The van der Waals surface area contributed by atoms with Gasteiger partial charge in [0.2, 0.25) is 5.79 Å². The summed E-state index contributed by atoms with van der Waals surface area (Å²) in [5.41, 5.74) is 11.2. The van der Waals surface area contributed by atoms with E-state index in [2.05, 4.69) is 0 Å². The molecular weight excluding hydrogens is 700 g/mol. The van der Waals surface area contributed by atoms with E-state index in [0.717, 1.165) is 0 Å². The number of aliphatic carboxylic acids is 1. The van der Waals surface area contributed by atoms with E-state index >= 15 is 0 Å². The topological polar surface area (TPSA) is 219 Å². The molecule has 2 spiro atoms. The predicted octanol–water partition coefficient (Wildman–Crippen LogP) is 4.35. The minimum atomic E-state index is -1.43. The van der Waals surface area contributed by atoms with Gasteiger partial charge >= 0.3 is 12.1 Å². The number of ketones is 1. The van der Waals surface area contributed by atoms with Crippen LogP contribution in [0.25, 0.3) is 0 Å². The molecule has 4 fully saturated rings. The van der Waals surface area contributed by atoms with Gasteiger partial charge in [0.25, 0.3) is 0 Å². The number of aliphatic hydroxyl groups is 2. The lowest BCUT2D eigenvalue weighted by molar-refractivity contribution is -0.400. The third kappa shape index (κ3) is 8.41. The number of carboxylic acids is 1. The normalized spacial score (nSPS) is 42.6. The van der Waals surface area contributed by atoms with E-state index < -0.39 is 95.8 Å². The molecule has 54 heavy (non-hydrogen) atoms. The summed E-state index contributed by atoms with van der Waals surface area (Å²) in [6.07, 6.45) is 3.53. The third-order valence-electron chi connectivity index (χ3n) is 13.5. The second-order valence-electron chi connectivity index (χ2n) is 16.8. The molecule has 14 nitrogen and oxygen atoms in total. The number of nitrogens with two attached hydrogens (primary N) is 2. The Hall–Kier alpha value is -2.17. The van der Waals surface area contributed by atoms with Gasteiger partial charge < -0.3 is 55.2 Å². The molecule has 17 atom stereocenters. The Balaban J connectivity index is 1.33. The molecule has 0 aromatic heterocycles. The summed E-state index contributed by atoms with van der Waals surface area (Å²) in [5, 5.41) is 32.2. The van der Waals surface area contributed by atoms with Crippen molar-refractivity contribution in [3.63, 3.8) is 0 Å². The van der Waals surface area contributed by atoms with Gasteiger partial charge in [-0.2, -0.15) is 0 Å². The average Bonchev–Trinajstić information content (AvgIpc) is 3.56. The summed E-state index contributed by atoms with van der Waals surface area (Å²) >= 11 is 0. The fourth-order valence-electron chi connectivity index (χ4n) is 9.86. The van der Waals surface area contributed by atoms with E-state index in [1.165, 1.54) is 0 Å². The molecule has 0 bridgehead atoms. The van der Waals surface area contributed by atoms with Gasteiger partial charge in [-0.25, -0.2) is 4.79 Å². The summed E-state index contributed by atoms with van der Waals surface area (Å²) in [6.45, 7) is 13.3. The number of carbonyl (C=O) groups is 3. The molecule has 0 aliphatic carbocycles. The van der Waals surface area contributed by atoms with E-state index in [0.29, 0.717) is 70.6 Å². The van der Waals surface area contributed by atoms with Gasteiger partial charge in [0, 0.05) is 24.2 Å². The highest BCUT2D eigenvalue weighted by atomic mass is 16.8. The molecule has 5 aliphatic rings. The van der Waals surface area contributed by atoms with Gasteiger partial charge in [0.1, 0.15) is 5.78 Å². The molecule has 0 radical (unpaired) electrons. The Bertz CT molecular complexity index is 1370. The van der Waals surface area contributed by atoms with Crippen molar-refractivity contribution < 1.29 is 58.1 Å². The summed E-state index contributed by atoms with van der Waals surface area (Å²) in [5.74, 6) is -6.25. The smallest absolute Gasteiger partial charge is 0.405 e. The zero-order chi connectivity index (χ0) is 39.7. The highest BCUT2D eigenvalue weighted by molar-refractivity contribution is 5.84. The van der Waals surface area contributed by atoms with Crippen LogP contribution in [0.4, 0.5) is 4.79 Å². The maximum Gasteiger partial charge on any atom is 0.405 e. The maximum atomic E-state index is 14.3. The van der Waals surface area contributed by atoms with Crippen LogP contribution in [0.5, 0.6) is 0 Å². The Labute approximate surface area is 319 Å². The highest BCUT2D eigenvalue weighted by Crippen LogP contribution is 2.52. The van der Waals surface area contributed by atoms with Gasteiger partial charge in [0.05, 0.1) is 60.3 Å². The molecule has 7 N–H and O–H groups in total. The minimum Gasteiger partial charge on any atom is -0.481 e. The van der Waals surface area contributed by atoms with Crippen LogP contribution in [0.2, 0.25) is 0 Å². The Morgan fingerprint density at radius 1 is 0.944 bits per heavy atom. The van der Waals surface area contributed by atoms with Gasteiger partial charge in [0.15, 0.2) is 11.9 Å². The number of carbonyl (C=O) groups excluding carboxylic acids is 2. The molecular formula is C40H66N2O12. The van der Waals surface area contributed by atoms with E-state index in [4.69, 9.17) is 39.9 Å². The Kier molecular flexibility index (Phi) is 13.6. The number of Topliss-reactive ketones (excluding diaryl/α,β-unsaturated/α-hetero) is 1. The number of rotatable bonds is 13. The monoisotopic (exact) mass is 766 g/mol. The quantitative estimate of drug-likeness (QED) is 0.165. The van der Waals surface area contributed by atoms with Crippen molar-refractivity contribution >= 4 is 17.8 Å². The second kappa shape index (κ2) is 17.1. The Morgan fingerprint density at radius 2 is 1.61 bits per heavy atom. The number of hydrogen-bond acceptors (Lipinski definition) is 12. The lowest BCUT2D eigenvalue weighted by Gasteiger charge is -2.54. The zero-order valence-electron chi connectivity index (χ0n) is 33.2. The van der Waals surface area contributed by atoms with Crippen molar-refractivity contribution in [2.24, 2.45) is 41.1 Å². The molecule has 14 heteroatoms. The minimum absolute atomic E-state index is 0.0544. The van der Waals surface area contributed by atoms with Gasteiger partial charge in [-0.05, 0) is 89.2 Å². The molecule has 5 rings (SSSR count). The van der Waals surface area contributed by atoms with Crippen molar-refractivity contribution in [1.29, 1.82) is 0 Å². The molecule has 308 valence electrons. The number of carboxylic acid groups (broad SMARTS) is 1. The number of amides is 1. The number of primary amides is 1. The van der Waals surface area contributed by atoms with Crippen molar-refractivity contribution in [1.82, 2.24) is 0 Å². The fraction of sp³-hybridized carbons (Fsp3) is 0.875.